The van der Waals surface area contributed by atoms with Crippen LogP contribution >= 0.6 is 11.8 Å². The van der Waals surface area contributed by atoms with E-state index >= 15 is 0 Å². The third-order valence-corrected chi connectivity index (χ3v) is 11.0. The number of thioether (sulfide) groups is 1. The number of benzene rings is 2. The molecule has 7 atom stereocenters. The highest BCUT2D eigenvalue weighted by Crippen LogP contribution is 2.67. The van der Waals surface area contributed by atoms with Gasteiger partial charge >= 0.3 is 5.97 Å². The van der Waals surface area contributed by atoms with E-state index in [-0.39, 0.29) is 42.7 Å². The minimum atomic E-state index is -0.824. The SMILES string of the molecule is C=CCOC(=O)[C@@H]1[C@H]2C(=O)N([C@@H](CO)[C@@H](C)CC)C(C(=O)N(CC=C)c3ccc4ccccc4c3)C23CC[C@H]1S3. The smallest absolute Gasteiger partial charge is 0.311 e. The summed E-state index contributed by atoms with van der Waals surface area (Å²) in [5, 5.41) is 12.5. The van der Waals surface area contributed by atoms with Crippen molar-refractivity contribution in [3.8, 4) is 0 Å². The number of esters is 1. The van der Waals surface area contributed by atoms with Crippen molar-refractivity contribution in [1.29, 1.82) is 0 Å². The molecular weight excluding hydrogens is 524 g/mol. The molecule has 2 amide bonds. The number of carbonyl (C=O) groups is 3. The minimum Gasteiger partial charge on any atom is -0.461 e. The summed E-state index contributed by atoms with van der Waals surface area (Å²) in [7, 11) is 0. The molecule has 3 fully saturated rings. The number of ether oxygens (including phenoxy) is 1. The highest BCUT2D eigenvalue weighted by molar-refractivity contribution is 8.02. The lowest BCUT2D eigenvalue weighted by Gasteiger charge is -2.41. The van der Waals surface area contributed by atoms with Gasteiger partial charge in [0.05, 0.1) is 29.2 Å². The van der Waals surface area contributed by atoms with Gasteiger partial charge in [-0.25, -0.2) is 0 Å². The van der Waals surface area contributed by atoms with Gasteiger partial charge in [0, 0.05) is 17.5 Å². The van der Waals surface area contributed by atoms with Crippen molar-refractivity contribution in [2.24, 2.45) is 17.8 Å². The number of carbonyl (C=O) groups excluding carboxylic acids is 3. The highest BCUT2D eigenvalue weighted by Gasteiger charge is 2.75. The standard InChI is InChI=1S/C32H38N2O5S/c1-5-16-33(23-13-12-21-10-8-9-11-22(21)18-23)30(37)28-32-15-14-25(40-32)26(31(38)39-17-6-2)27(32)29(36)34(28)24(19-35)20(4)7-3/h5-6,8-13,18,20,24-28,35H,1-2,7,14-17,19H2,3-4H3/t20-,24-,25+,26-,27-,28?,32?/m0/s1. The molecule has 0 saturated carbocycles. The normalized spacial score (nSPS) is 28.3. The third kappa shape index (κ3) is 4.45. The van der Waals surface area contributed by atoms with E-state index < -0.39 is 34.6 Å². The Bertz CT molecular complexity index is 1330. The molecule has 2 aromatic rings. The number of fused-ring (bicyclic) bond motifs is 2. The van der Waals surface area contributed by atoms with Crippen LogP contribution in [0.4, 0.5) is 5.69 Å². The quantitative estimate of drug-likeness (QED) is 0.319. The first-order chi connectivity index (χ1) is 19.3. The molecule has 1 spiro atoms. The van der Waals surface area contributed by atoms with Crippen LogP contribution in [0.2, 0.25) is 0 Å². The highest BCUT2D eigenvalue weighted by atomic mass is 32.2. The summed E-state index contributed by atoms with van der Waals surface area (Å²) >= 11 is 1.60. The Hall–Kier alpha value is -3.10. The average Bonchev–Trinajstić information content (AvgIpc) is 3.62. The Labute approximate surface area is 240 Å². The van der Waals surface area contributed by atoms with Crippen molar-refractivity contribution in [3.63, 3.8) is 0 Å². The van der Waals surface area contributed by atoms with Gasteiger partial charge in [-0.2, -0.15) is 0 Å². The summed E-state index contributed by atoms with van der Waals surface area (Å²) in [5.74, 6) is -2.20. The van der Waals surface area contributed by atoms with Gasteiger partial charge < -0.3 is 19.6 Å². The van der Waals surface area contributed by atoms with Crippen LogP contribution in [-0.2, 0) is 19.1 Å². The maximum absolute atomic E-state index is 14.8. The zero-order valence-corrected chi connectivity index (χ0v) is 24.0. The van der Waals surface area contributed by atoms with Crippen LogP contribution < -0.4 is 4.90 Å². The molecule has 212 valence electrons. The van der Waals surface area contributed by atoms with Gasteiger partial charge in [0.15, 0.2) is 0 Å². The number of hydrogen-bond acceptors (Lipinski definition) is 6. The van der Waals surface area contributed by atoms with Crippen LogP contribution in [0.5, 0.6) is 0 Å². The molecule has 3 aliphatic rings. The summed E-state index contributed by atoms with van der Waals surface area (Å²) in [6.45, 7) is 11.6. The van der Waals surface area contributed by atoms with E-state index in [2.05, 4.69) is 13.2 Å². The molecular formula is C32H38N2O5S. The number of anilines is 1. The number of hydrogen-bond donors (Lipinski definition) is 1. The van der Waals surface area contributed by atoms with E-state index in [1.165, 1.54) is 6.08 Å². The van der Waals surface area contributed by atoms with Crippen molar-refractivity contribution in [2.75, 3.05) is 24.7 Å². The lowest BCUT2D eigenvalue weighted by Crippen LogP contribution is -2.58. The molecule has 2 bridgehead atoms. The molecule has 2 aromatic carbocycles. The third-order valence-electron chi connectivity index (χ3n) is 9.06. The first-order valence-corrected chi connectivity index (χ1v) is 15.0. The maximum atomic E-state index is 14.8. The van der Waals surface area contributed by atoms with E-state index in [9.17, 15) is 19.5 Å². The molecule has 0 aliphatic carbocycles. The van der Waals surface area contributed by atoms with Crippen molar-refractivity contribution in [1.82, 2.24) is 4.90 Å². The van der Waals surface area contributed by atoms with Crippen molar-refractivity contribution >= 4 is 46.0 Å². The summed E-state index contributed by atoms with van der Waals surface area (Å²) < 4.78 is 4.69. The monoisotopic (exact) mass is 562 g/mol. The van der Waals surface area contributed by atoms with Gasteiger partial charge in [0.25, 0.3) is 5.91 Å². The summed E-state index contributed by atoms with van der Waals surface area (Å²) in [6, 6.07) is 12.5. The zero-order chi connectivity index (χ0) is 28.6. The molecule has 0 radical (unpaired) electrons. The molecule has 40 heavy (non-hydrogen) atoms. The van der Waals surface area contributed by atoms with E-state index in [0.29, 0.717) is 6.42 Å². The fourth-order valence-corrected chi connectivity index (χ4v) is 9.18. The lowest BCUT2D eigenvalue weighted by atomic mass is 9.71. The predicted molar refractivity (Wildman–Crippen MR) is 159 cm³/mol. The number of amides is 2. The van der Waals surface area contributed by atoms with Gasteiger partial charge in [-0.1, -0.05) is 69.3 Å². The largest absolute Gasteiger partial charge is 0.461 e. The fourth-order valence-electron chi connectivity index (χ4n) is 6.99. The van der Waals surface area contributed by atoms with E-state index in [4.69, 9.17) is 4.74 Å². The van der Waals surface area contributed by atoms with Gasteiger partial charge in [-0.15, -0.1) is 18.3 Å². The van der Waals surface area contributed by atoms with Crippen molar-refractivity contribution in [2.45, 2.75) is 55.2 Å². The number of aliphatic hydroxyl groups excluding tert-OH is 1. The molecule has 2 unspecified atom stereocenters. The van der Waals surface area contributed by atoms with Crippen LogP contribution in [0.15, 0.2) is 67.8 Å². The second-order valence-corrected chi connectivity index (χ2v) is 12.7. The Morgan fingerprint density at radius 1 is 1.23 bits per heavy atom. The molecule has 7 nitrogen and oxygen atoms in total. The maximum Gasteiger partial charge on any atom is 0.311 e. The van der Waals surface area contributed by atoms with E-state index in [1.54, 1.807) is 27.6 Å². The number of nitrogens with zero attached hydrogens (tertiary/aromatic N) is 2. The molecule has 5 rings (SSSR count). The predicted octanol–water partition coefficient (Wildman–Crippen LogP) is 4.59. The van der Waals surface area contributed by atoms with E-state index in [0.717, 1.165) is 29.3 Å². The molecule has 8 heteroatoms. The molecule has 1 N–H and O–H groups in total. The molecule has 3 aliphatic heterocycles. The Morgan fingerprint density at radius 2 is 1.98 bits per heavy atom. The second-order valence-electron chi connectivity index (χ2n) is 11.1. The second kappa shape index (κ2) is 11.4. The van der Waals surface area contributed by atoms with Crippen LogP contribution in [0.3, 0.4) is 0 Å². The summed E-state index contributed by atoms with van der Waals surface area (Å²) in [5.41, 5.74) is 0.722. The molecule has 3 heterocycles. The van der Waals surface area contributed by atoms with E-state index in [1.807, 2.05) is 56.3 Å². The van der Waals surface area contributed by atoms with Crippen LogP contribution in [0, 0.1) is 17.8 Å². The van der Waals surface area contributed by atoms with Crippen LogP contribution in [0.1, 0.15) is 33.1 Å². The topological polar surface area (TPSA) is 87.1 Å². The Kier molecular flexibility index (Phi) is 8.11. The Morgan fingerprint density at radius 3 is 2.65 bits per heavy atom. The van der Waals surface area contributed by atoms with Crippen molar-refractivity contribution < 1.29 is 24.2 Å². The van der Waals surface area contributed by atoms with Crippen LogP contribution in [0.25, 0.3) is 10.8 Å². The minimum absolute atomic E-state index is 0.0404. The summed E-state index contributed by atoms with van der Waals surface area (Å²) in [4.78, 5) is 45.8. The molecule has 0 aromatic heterocycles. The van der Waals surface area contributed by atoms with Gasteiger partial charge in [-0.05, 0) is 41.7 Å². The van der Waals surface area contributed by atoms with Gasteiger partial charge in [0.2, 0.25) is 5.91 Å². The number of rotatable bonds is 11. The number of aliphatic hydroxyl groups is 1. The van der Waals surface area contributed by atoms with Crippen LogP contribution in [-0.4, -0.2) is 69.6 Å². The zero-order valence-electron chi connectivity index (χ0n) is 23.2. The Balaban J connectivity index is 1.61. The summed E-state index contributed by atoms with van der Waals surface area (Å²) in [6.07, 6.45) is 5.32. The first kappa shape index (κ1) is 28.4. The average molecular weight is 563 g/mol. The number of likely N-dealkylation sites (tertiary alicyclic amines) is 1. The first-order valence-electron chi connectivity index (χ1n) is 14.1. The van der Waals surface area contributed by atoms with Crippen molar-refractivity contribution in [3.05, 3.63) is 67.8 Å². The molecule has 3 saturated heterocycles. The lowest BCUT2D eigenvalue weighted by molar-refractivity contribution is -0.153. The van der Waals surface area contributed by atoms with Gasteiger partial charge in [-0.3, -0.25) is 14.4 Å². The van der Waals surface area contributed by atoms with Gasteiger partial charge in [0.1, 0.15) is 12.6 Å². The fraction of sp³-hybridized carbons (Fsp3) is 0.469.